The third-order valence-corrected chi connectivity index (χ3v) is 4.49. The molecule has 1 amide bonds. The van der Waals surface area contributed by atoms with E-state index in [1.54, 1.807) is 0 Å². The molecular formula is C14H24N2O. The van der Waals surface area contributed by atoms with E-state index in [2.05, 4.69) is 4.90 Å². The van der Waals surface area contributed by atoms with Crippen molar-refractivity contribution in [3.63, 3.8) is 0 Å². The van der Waals surface area contributed by atoms with Crippen molar-refractivity contribution in [2.75, 3.05) is 13.1 Å². The van der Waals surface area contributed by atoms with Crippen molar-refractivity contribution in [2.24, 2.45) is 23.5 Å². The van der Waals surface area contributed by atoms with E-state index in [-0.39, 0.29) is 12.0 Å². The molecular weight excluding hydrogens is 212 g/mol. The Bertz CT molecular complexity index is 283. The molecule has 17 heavy (non-hydrogen) atoms. The first-order valence-electron chi connectivity index (χ1n) is 7.26. The summed E-state index contributed by atoms with van der Waals surface area (Å²) in [5.74, 6) is 2.28. The van der Waals surface area contributed by atoms with Gasteiger partial charge in [0.2, 0.25) is 5.91 Å². The largest absolute Gasteiger partial charge is 0.342 e. The number of hydrogen-bond acceptors (Lipinski definition) is 2. The molecule has 96 valence electrons. The van der Waals surface area contributed by atoms with Crippen molar-refractivity contribution >= 4 is 5.91 Å². The van der Waals surface area contributed by atoms with Crippen molar-refractivity contribution < 1.29 is 4.79 Å². The van der Waals surface area contributed by atoms with E-state index in [1.807, 2.05) is 0 Å². The molecule has 0 radical (unpaired) electrons. The molecule has 0 aliphatic heterocycles. The van der Waals surface area contributed by atoms with Gasteiger partial charge in [-0.1, -0.05) is 0 Å². The summed E-state index contributed by atoms with van der Waals surface area (Å²) in [6.07, 6.45) is 8.31. The Morgan fingerprint density at radius 2 is 1.59 bits per heavy atom. The highest BCUT2D eigenvalue weighted by Crippen LogP contribution is 2.35. The van der Waals surface area contributed by atoms with E-state index >= 15 is 0 Å². The average molecular weight is 236 g/mol. The van der Waals surface area contributed by atoms with Crippen LogP contribution < -0.4 is 5.73 Å². The first kappa shape index (κ1) is 11.5. The molecule has 0 aromatic carbocycles. The first-order valence-corrected chi connectivity index (χ1v) is 7.26. The van der Waals surface area contributed by atoms with Gasteiger partial charge in [-0.3, -0.25) is 4.79 Å². The van der Waals surface area contributed by atoms with Gasteiger partial charge in [-0.2, -0.15) is 0 Å². The minimum atomic E-state index is 0.238. The van der Waals surface area contributed by atoms with Gasteiger partial charge in [-0.15, -0.1) is 0 Å². The van der Waals surface area contributed by atoms with Crippen LogP contribution in [0.1, 0.15) is 44.9 Å². The number of amides is 1. The lowest BCUT2D eigenvalue weighted by Crippen LogP contribution is -2.38. The normalized spacial score (nSPS) is 32.8. The Labute approximate surface area is 104 Å². The lowest BCUT2D eigenvalue weighted by atomic mass is 10.1. The molecule has 0 spiro atoms. The van der Waals surface area contributed by atoms with Crippen LogP contribution in [-0.4, -0.2) is 29.9 Å². The van der Waals surface area contributed by atoms with Crippen LogP contribution in [-0.2, 0) is 4.79 Å². The number of carbonyl (C=O) groups is 1. The Morgan fingerprint density at radius 1 is 1.00 bits per heavy atom. The predicted molar refractivity (Wildman–Crippen MR) is 67.3 cm³/mol. The van der Waals surface area contributed by atoms with Crippen LogP contribution in [0.5, 0.6) is 0 Å². The third-order valence-electron chi connectivity index (χ3n) is 4.49. The maximum absolute atomic E-state index is 12.5. The second-order valence-electron chi connectivity index (χ2n) is 6.40. The molecule has 3 aliphatic rings. The molecule has 3 saturated carbocycles. The number of hydrogen-bond donors (Lipinski definition) is 1. The number of carbonyl (C=O) groups excluding carboxylic acids is 1. The number of nitrogens with two attached hydrogens (primary N) is 1. The summed E-state index contributed by atoms with van der Waals surface area (Å²) in [6, 6.07) is 0.271. The van der Waals surface area contributed by atoms with Crippen molar-refractivity contribution in [3.8, 4) is 0 Å². The van der Waals surface area contributed by atoms with E-state index in [0.717, 1.165) is 44.2 Å². The molecule has 0 aromatic heterocycles. The Kier molecular flexibility index (Phi) is 3.12. The molecule has 2 unspecified atom stereocenters. The summed E-state index contributed by atoms with van der Waals surface area (Å²) < 4.78 is 0. The zero-order valence-corrected chi connectivity index (χ0v) is 10.6. The summed E-state index contributed by atoms with van der Waals surface area (Å²) in [5.41, 5.74) is 5.92. The summed E-state index contributed by atoms with van der Waals surface area (Å²) in [7, 11) is 0. The molecule has 3 heteroatoms. The zero-order valence-electron chi connectivity index (χ0n) is 10.6. The molecule has 3 rings (SSSR count). The molecule has 2 N–H and O–H groups in total. The molecule has 3 nitrogen and oxygen atoms in total. The molecule has 0 heterocycles. The molecule has 0 aromatic rings. The minimum Gasteiger partial charge on any atom is -0.342 e. The average Bonchev–Trinajstić information content (AvgIpc) is 3.21. The van der Waals surface area contributed by atoms with Gasteiger partial charge in [-0.05, 0) is 56.8 Å². The van der Waals surface area contributed by atoms with E-state index in [4.69, 9.17) is 5.73 Å². The van der Waals surface area contributed by atoms with Gasteiger partial charge < -0.3 is 10.6 Å². The van der Waals surface area contributed by atoms with E-state index < -0.39 is 0 Å². The fraction of sp³-hybridized carbons (Fsp3) is 0.929. The highest BCUT2D eigenvalue weighted by Gasteiger charge is 2.36. The molecule has 3 aliphatic carbocycles. The van der Waals surface area contributed by atoms with E-state index in [9.17, 15) is 4.79 Å². The Balaban J connectivity index is 1.57. The summed E-state index contributed by atoms with van der Waals surface area (Å²) >= 11 is 0. The second kappa shape index (κ2) is 4.60. The van der Waals surface area contributed by atoms with Crippen LogP contribution in [0, 0.1) is 17.8 Å². The fourth-order valence-corrected chi connectivity index (χ4v) is 2.98. The molecule has 2 atom stereocenters. The summed E-state index contributed by atoms with van der Waals surface area (Å²) in [4.78, 5) is 14.7. The van der Waals surface area contributed by atoms with Crippen molar-refractivity contribution in [1.29, 1.82) is 0 Å². The number of nitrogens with zero attached hydrogens (tertiary/aromatic N) is 1. The minimum absolute atomic E-state index is 0.238. The highest BCUT2D eigenvalue weighted by atomic mass is 16.2. The fourth-order valence-electron chi connectivity index (χ4n) is 2.98. The molecule has 3 fully saturated rings. The lowest BCUT2D eigenvalue weighted by molar-refractivity contribution is -0.135. The third kappa shape index (κ3) is 3.01. The van der Waals surface area contributed by atoms with Crippen molar-refractivity contribution in [1.82, 2.24) is 4.90 Å². The Hall–Kier alpha value is -0.570. The van der Waals surface area contributed by atoms with Gasteiger partial charge in [0, 0.05) is 25.0 Å². The molecule has 0 saturated heterocycles. The second-order valence-corrected chi connectivity index (χ2v) is 6.40. The predicted octanol–water partition coefficient (Wildman–Crippen LogP) is 1.76. The van der Waals surface area contributed by atoms with Crippen LogP contribution >= 0.6 is 0 Å². The zero-order chi connectivity index (χ0) is 11.8. The van der Waals surface area contributed by atoms with Crippen LogP contribution in [0.15, 0.2) is 0 Å². The van der Waals surface area contributed by atoms with Crippen molar-refractivity contribution in [3.05, 3.63) is 0 Å². The quantitative estimate of drug-likeness (QED) is 0.790. The van der Waals surface area contributed by atoms with Gasteiger partial charge in [0.15, 0.2) is 0 Å². The maximum atomic E-state index is 12.5. The smallest absolute Gasteiger partial charge is 0.225 e. The SMILES string of the molecule is NC1CCC(C(=O)N(CC2CC2)CC2CC2)C1. The van der Waals surface area contributed by atoms with Crippen molar-refractivity contribution in [2.45, 2.75) is 51.0 Å². The summed E-state index contributed by atoms with van der Waals surface area (Å²) in [5, 5.41) is 0. The topological polar surface area (TPSA) is 46.3 Å². The van der Waals surface area contributed by atoms with E-state index in [1.165, 1.54) is 25.7 Å². The van der Waals surface area contributed by atoms with E-state index in [0.29, 0.717) is 5.91 Å². The van der Waals surface area contributed by atoms with Crippen LogP contribution in [0.25, 0.3) is 0 Å². The summed E-state index contributed by atoms with van der Waals surface area (Å²) in [6.45, 7) is 2.06. The van der Waals surface area contributed by atoms with Crippen LogP contribution in [0.4, 0.5) is 0 Å². The van der Waals surface area contributed by atoms with Gasteiger partial charge in [-0.25, -0.2) is 0 Å². The standard InChI is InChI=1S/C14H24N2O/c15-13-6-5-12(7-13)14(17)16(8-10-1-2-10)9-11-3-4-11/h10-13H,1-9,15H2. The monoisotopic (exact) mass is 236 g/mol. The van der Waals surface area contributed by atoms with Gasteiger partial charge in [0.1, 0.15) is 0 Å². The Morgan fingerprint density at radius 3 is 2.00 bits per heavy atom. The van der Waals surface area contributed by atoms with Crippen LogP contribution in [0.3, 0.4) is 0 Å². The van der Waals surface area contributed by atoms with Gasteiger partial charge in [0.05, 0.1) is 0 Å². The van der Waals surface area contributed by atoms with Gasteiger partial charge >= 0.3 is 0 Å². The first-order chi connectivity index (χ1) is 8.22. The molecule has 0 bridgehead atoms. The number of rotatable bonds is 5. The lowest BCUT2D eigenvalue weighted by Gasteiger charge is -2.25. The maximum Gasteiger partial charge on any atom is 0.225 e. The highest BCUT2D eigenvalue weighted by molar-refractivity contribution is 5.79. The van der Waals surface area contributed by atoms with Gasteiger partial charge in [0.25, 0.3) is 0 Å². The van der Waals surface area contributed by atoms with Crippen LogP contribution in [0.2, 0.25) is 0 Å².